The van der Waals surface area contributed by atoms with Crippen molar-refractivity contribution < 1.29 is 45.3 Å². The molecule has 18 nitrogen and oxygen atoms in total. The lowest BCUT2D eigenvalue weighted by molar-refractivity contribution is -0.156. The van der Waals surface area contributed by atoms with Crippen molar-refractivity contribution in [3.05, 3.63) is 78.6 Å². The topological polar surface area (TPSA) is 194 Å². The molecule has 8 heterocycles. The van der Waals surface area contributed by atoms with Gasteiger partial charge in [-0.1, -0.05) is 0 Å². The number of nitrogens with zero attached hydrogens (tertiary/aromatic N) is 12. The summed E-state index contributed by atoms with van der Waals surface area (Å²) in [7, 11) is 5.71. The summed E-state index contributed by atoms with van der Waals surface area (Å²) in [5.74, 6) is 2.91. The van der Waals surface area contributed by atoms with Gasteiger partial charge in [0.2, 0.25) is 11.2 Å². The standard InChI is InChI=1S/C18H18F3N7O2.C10H12N4O.C8H7ClF3N3O/c1-10-7-28(9-24-10)15-12(29-3)4-11(5-22-15)25-17-23-6-13-16(26-17)27(2)14(8-30-13)18(19,20)21;1-7-5-14(6-13-7)10-9(15-2)3-8(11)4-12-10;1-15-5(8(10,11)12)3-16-4-2-13-7(9)14-6(4)15/h4-7,9,14H,8H2,1-3H3,(H,23,25,26);3-6H,11H2,1-2H3;2,5H,3H2,1H3. The molecule has 0 amide bonds. The number of aromatic nitrogens is 10. The van der Waals surface area contributed by atoms with E-state index in [9.17, 15) is 26.3 Å². The van der Waals surface area contributed by atoms with Crippen LogP contribution in [0.3, 0.4) is 0 Å². The minimum Gasteiger partial charge on any atom is -0.493 e. The molecule has 0 aromatic carbocycles. The Morgan fingerprint density at radius 2 is 1.18 bits per heavy atom. The number of nitrogens with two attached hydrogens (primary N) is 1. The number of alkyl halides is 6. The monoisotopic (exact) mass is 878 g/mol. The van der Waals surface area contributed by atoms with Gasteiger partial charge in [-0.25, -0.2) is 29.9 Å². The minimum atomic E-state index is -4.44. The van der Waals surface area contributed by atoms with Gasteiger partial charge in [0, 0.05) is 38.6 Å². The number of halogens is 7. The molecule has 6 aromatic rings. The van der Waals surface area contributed by atoms with Gasteiger partial charge in [0.15, 0.2) is 58.4 Å². The maximum absolute atomic E-state index is 13.2. The van der Waals surface area contributed by atoms with E-state index < -0.39 is 37.7 Å². The number of likely N-dealkylation sites (N-methyl/N-ethyl adjacent to an activating group) is 2. The van der Waals surface area contributed by atoms with Crippen LogP contribution in [0.1, 0.15) is 11.4 Å². The second kappa shape index (κ2) is 17.8. The van der Waals surface area contributed by atoms with Crippen molar-refractivity contribution in [3.63, 3.8) is 0 Å². The number of methoxy groups -OCH3 is 2. The van der Waals surface area contributed by atoms with Crippen LogP contribution in [-0.2, 0) is 0 Å². The van der Waals surface area contributed by atoms with Crippen LogP contribution in [0.15, 0.2) is 62.0 Å². The molecule has 0 radical (unpaired) electrons. The Morgan fingerprint density at radius 1 is 0.689 bits per heavy atom. The van der Waals surface area contributed by atoms with Gasteiger partial charge in [0.25, 0.3) is 0 Å². The Labute approximate surface area is 348 Å². The fraction of sp³-hybridized carbons (Fsp3) is 0.333. The lowest BCUT2D eigenvalue weighted by atomic mass is 10.2. The van der Waals surface area contributed by atoms with Crippen molar-refractivity contribution in [2.75, 3.05) is 62.4 Å². The van der Waals surface area contributed by atoms with E-state index in [1.54, 1.807) is 53.4 Å². The highest BCUT2D eigenvalue weighted by Crippen LogP contribution is 2.38. The molecule has 324 valence electrons. The fourth-order valence-corrected chi connectivity index (χ4v) is 5.93. The Hall–Kier alpha value is -6.85. The van der Waals surface area contributed by atoms with Gasteiger partial charge >= 0.3 is 12.4 Å². The zero-order chi connectivity index (χ0) is 44.2. The predicted octanol–water partition coefficient (Wildman–Crippen LogP) is 5.93. The lowest BCUT2D eigenvalue weighted by Gasteiger charge is -2.35. The van der Waals surface area contributed by atoms with Crippen LogP contribution in [0, 0.1) is 13.8 Å². The molecule has 2 aliphatic rings. The van der Waals surface area contributed by atoms with Crippen molar-refractivity contribution in [1.82, 2.24) is 49.0 Å². The van der Waals surface area contributed by atoms with E-state index in [0.29, 0.717) is 34.5 Å². The molecule has 0 spiro atoms. The molecule has 2 unspecified atom stereocenters. The Kier molecular flexibility index (Phi) is 12.7. The summed E-state index contributed by atoms with van der Waals surface area (Å²) in [5, 5.41) is 2.82. The first-order valence-corrected chi connectivity index (χ1v) is 18.1. The summed E-state index contributed by atoms with van der Waals surface area (Å²) in [6.07, 6.45) is 3.89. The number of hydrogen-bond acceptors (Lipinski definition) is 16. The Bertz CT molecular complexity index is 2470. The highest BCUT2D eigenvalue weighted by Gasteiger charge is 2.47. The third-order valence-corrected chi connectivity index (χ3v) is 9.07. The maximum atomic E-state index is 13.2. The molecule has 0 saturated heterocycles. The number of nitrogen functional groups attached to an aromatic ring is 1. The summed E-state index contributed by atoms with van der Waals surface area (Å²) in [6, 6.07) is -0.0879. The summed E-state index contributed by atoms with van der Waals surface area (Å²) >= 11 is 5.52. The second-order valence-corrected chi connectivity index (χ2v) is 13.5. The van der Waals surface area contributed by atoms with Crippen molar-refractivity contribution in [2.45, 2.75) is 38.3 Å². The first kappa shape index (κ1) is 43.7. The number of nitrogens with one attached hydrogen (secondary N) is 1. The van der Waals surface area contributed by atoms with E-state index in [2.05, 4.69) is 45.2 Å². The van der Waals surface area contributed by atoms with Crippen molar-refractivity contribution in [1.29, 1.82) is 0 Å². The number of anilines is 5. The van der Waals surface area contributed by atoms with E-state index in [0.717, 1.165) is 21.2 Å². The molecule has 0 saturated carbocycles. The van der Waals surface area contributed by atoms with Crippen molar-refractivity contribution >= 4 is 40.6 Å². The Morgan fingerprint density at radius 3 is 1.67 bits per heavy atom. The molecule has 0 fully saturated rings. The first-order valence-electron chi connectivity index (χ1n) is 17.7. The molecule has 2 aliphatic heterocycles. The fourth-order valence-electron chi connectivity index (χ4n) is 5.81. The molecule has 8 rings (SSSR count). The quantitative estimate of drug-likeness (QED) is 0.147. The van der Waals surface area contributed by atoms with Gasteiger partial charge in [0.1, 0.15) is 25.9 Å². The van der Waals surface area contributed by atoms with Gasteiger partial charge in [0.05, 0.1) is 61.8 Å². The molecule has 2 atom stereocenters. The summed E-state index contributed by atoms with van der Waals surface area (Å²) in [6.45, 7) is 2.79. The molecule has 0 aliphatic carbocycles. The smallest absolute Gasteiger partial charge is 0.412 e. The first-order chi connectivity index (χ1) is 28.9. The third kappa shape index (κ3) is 10.1. The molecular weight excluding hydrogens is 842 g/mol. The number of rotatable bonds is 6. The van der Waals surface area contributed by atoms with Crippen LogP contribution in [0.2, 0.25) is 5.28 Å². The zero-order valence-corrected chi connectivity index (χ0v) is 33.8. The minimum absolute atomic E-state index is 0.0477. The molecule has 25 heteroatoms. The highest BCUT2D eigenvalue weighted by molar-refractivity contribution is 6.28. The Balaban J connectivity index is 0.000000169. The van der Waals surface area contributed by atoms with Gasteiger partial charge in [-0.3, -0.25) is 9.13 Å². The van der Waals surface area contributed by atoms with Gasteiger partial charge in [-0.05, 0) is 25.4 Å². The number of ether oxygens (including phenoxy) is 4. The molecule has 0 bridgehead atoms. The van der Waals surface area contributed by atoms with Crippen LogP contribution in [0.25, 0.3) is 11.6 Å². The predicted molar refractivity (Wildman–Crippen MR) is 210 cm³/mol. The SMILES string of the molecule is CN1c2nc(Cl)ncc2OCC1C(F)(F)F.COc1cc(N)cnc1-n1cnc(C)c1.COc1cc(Nc2ncc3c(n2)N(C)C(C(F)(F)F)CO3)cnc1-n1cnc(C)c1. The summed E-state index contributed by atoms with van der Waals surface area (Å²) in [4.78, 5) is 34.5. The normalized spacial score (nSPS) is 15.8. The molecular formula is C36H37ClF6N14O4. The molecule has 61 heavy (non-hydrogen) atoms. The lowest BCUT2D eigenvalue weighted by Crippen LogP contribution is -2.50. The number of pyridine rings is 2. The zero-order valence-electron chi connectivity index (χ0n) is 33.1. The third-order valence-electron chi connectivity index (χ3n) is 8.89. The number of imidazole rings is 2. The van der Waals surface area contributed by atoms with E-state index in [1.807, 2.05) is 20.0 Å². The average molecular weight is 879 g/mol. The number of fused-ring (bicyclic) bond motifs is 2. The number of hydrogen-bond donors (Lipinski definition) is 2. The van der Waals surface area contributed by atoms with Crippen molar-refractivity contribution in [2.24, 2.45) is 0 Å². The van der Waals surface area contributed by atoms with E-state index in [-0.39, 0.29) is 34.4 Å². The molecule has 6 aromatic heterocycles. The van der Waals surface area contributed by atoms with Crippen LogP contribution < -0.4 is 39.8 Å². The maximum Gasteiger partial charge on any atom is 0.412 e. The number of aryl methyl sites for hydroxylation is 2. The van der Waals surface area contributed by atoms with Crippen LogP contribution >= 0.6 is 11.6 Å². The van der Waals surface area contributed by atoms with E-state index in [4.69, 9.17) is 36.3 Å². The van der Waals surface area contributed by atoms with Crippen LogP contribution in [0.4, 0.5) is 55.3 Å². The van der Waals surface area contributed by atoms with Crippen molar-refractivity contribution in [3.8, 4) is 34.6 Å². The average Bonchev–Trinajstić information content (AvgIpc) is 3.85. The second-order valence-electron chi connectivity index (χ2n) is 13.2. The van der Waals surface area contributed by atoms with Gasteiger partial charge in [-0.2, -0.15) is 36.3 Å². The molecule has 3 N–H and O–H groups in total. The summed E-state index contributed by atoms with van der Waals surface area (Å²) in [5.41, 5.74) is 8.45. The van der Waals surface area contributed by atoms with Gasteiger partial charge in [-0.15, -0.1) is 0 Å². The highest BCUT2D eigenvalue weighted by atomic mass is 35.5. The summed E-state index contributed by atoms with van der Waals surface area (Å²) < 4.78 is 102. The van der Waals surface area contributed by atoms with E-state index >= 15 is 0 Å². The van der Waals surface area contributed by atoms with Crippen LogP contribution in [0.5, 0.6) is 23.0 Å². The van der Waals surface area contributed by atoms with Gasteiger partial charge < -0.3 is 39.8 Å². The van der Waals surface area contributed by atoms with E-state index in [1.165, 1.54) is 39.8 Å². The largest absolute Gasteiger partial charge is 0.493 e. The van der Waals surface area contributed by atoms with Crippen LogP contribution in [-0.4, -0.2) is 115 Å².